The predicted octanol–water partition coefficient (Wildman–Crippen LogP) is 3.39. The van der Waals surface area contributed by atoms with Crippen LogP contribution >= 0.6 is 22.7 Å². The van der Waals surface area contributed by atoms with Gasteiger partial charge < -0.3 is 9.73 Å². The van der Waals surface area contributed by atoms with Crippen LogP contribution in [0.5, 0.6) is 0 Å². The molecular weight excluding hydrogens is 318 g/mol. The number of nitrogens with one attached hydrogen (secondary N) is 1. The van der Waals surface area contributed by atoms with Gasteiger partial charge in [0.15, 0.2) is 0 Å². The largest absolute Gasteiger partial charge is 0.444 e. The first-order valence-electron chi connectivity index (χ1n) is 6.45. The molecule has 0 spiro atoms. The molecule has 0 radical (unpaired) electrons. The van der Waals surface area contributed by atoms with E-state index in [1.807, 2.05) is 34.3 Å². The average molecular weight is 329 g/mol. The Balaban J connectivity index is 1.64. The van der Waals surface area contributed by atoms with Crippen LogP contribution in [0.1, 0.15) is 17.3 Å². The molecule has 1 N–H and O–H groups in total. The fraction of sp³-hybridized carbons (Fsp3) is 0.133. The Labute approximate surface area is 134 Å². The fourth-order valence-corrected chi connectivity index (χ4v) is 3.25. The summed E-state index contributed by atoms with van der Waals surface area (Å²) in [5.74, 6) is 0.247. The van der Waals surface area contributed by atoms with Crippen LogP contribution in [0.25, 0.3) is 10.8 Å². The van der Waals surface area contributed by atoms with Crippen molar-refractivity contribution in [1.29, 1.82) is 5.26 Å². The smallest absolute Gasteiger partial charge is 0.236 e. The van der Waals surface area contributed by atoms with Crippen LogP contribution < -0.4 is 5.32 Å². The molecule has 3 aromatic heterocycles. The zero-order chi connectivity index (χ0) is 15.4. The molecule has 0 unspecified atom stereocenters. The molecule has 1 atom stereocenters. The summed E-state index contributed by atoms with van der Waals surface area (Å²) in [6.45, 7) is 0. The summed E-state index contributed by atoms with van der Waals surface area (Å²) < 4.78 is 5.37. The van der Waals surface area contributed by atoms with Crippen molar-refractivity contribution in [3.05, 3.63) is 51.9 Å². The molecule has 0 saturated carbocycles. The molecular formula is C15H11N3O2S2. The second-order valence-electron chi connectivity index (χ2n) is 4.48. The lowest BCUT2D eigenvalue weighted by molar-refractivity contribution is -0.120. The standard InChI is InChI=1S/C15H11N3O2S2/c16-7-12(10-3-5-21-9-10)18-14(19)6-11-8-20-15(17-11)13-2-1-4-22-13/h1-5,8-9,12H,6H2,(H,18,19)/t12-/m0/s1. The minimum absolute atomic E-state index is 0.0805. The Hall–Kier alpha value is -2.43. The Kier molecular flexibility index (Phi) is 4.32. The number of oxazole rings is 1. The van der Waals surface area contributed by atoms with E-state index in [2.05, 4.69) is 16.4 Å². The molecule has 0 bridgehead atoms. The van der Waals surface area contributed by atoms with Crippen molar-refractivity contribution in [2.45, 2.75) is 12.5 Å². The normalized spacial score (nSPS) is 11.8. The van der Waals surface area contributed by atoms with Crippen LogP contribution in [-0.2, 0) is 11.2 Å². The molecule has 0 aromatic carbocycles. The first kappa shape index (κ1) is 14.5. The first-order chi connectivity index (χ1) is 10.8. The van der Waals surface area contributed by atoms with Gasteiger partial charge in [-0.3, -0.25) is 4.79 Å². The van der Waals surface area contributed by atoms with Crippen LogP contribution in [-0.4, -0.2) is 10.9 Å². The van der Waals surface area contributed by atoms with E-state index in [1.165, 1.54) is 28.9 Å². The van der Waals surface area contributed by atoms with Crippen molar-refractivity contribution in [3.8, 4) is 16.8 Å². The SMILES string of the molecule is N#C[C@H](NC(=O)Cc1coc(-c2cccs2)n1)c1ccsc1. The number of hydrogen-bond donors (Lipinski definition) is 1. The summed E-state index contributed by atoms with van der Waals surface area (Å²) in [5.41, 5.74) is 1.34. The summed E-state index contributed by atoms with van der Waals surface area (Å²) in [5, 5.41) is 17.5. The highest BCUT2D eigenvalue weighted by atomic mass is 32.1. The summed E-state index contributed by atoms with van der Waals surface area (Å²) in [4.78, 5) is 17.2. The number of aromatic nitrogens is 1. The van der Waals surface area contributed by atoms with Crippen LogP contribution in [0.3, 0.4) is 0 Å². The molecule has 3 aromatic rings. The van der Waals surface area contributed by atoms with Gasteiger partial charge in [-0.25, -0.2) is 4.98 Å². The maximum Gasteiger partial charge on any atom is 0.236 e. The highest BCUT2D eigenvalue weighted by Crippen LogP contribution is 2.23. The first-order valence-corrected chi connectivity index (χ1v) is 8.28. The van der Waals surface area contributed by atoms with Crippen LogP contribution in [0, 0.1) is 11.3 Å². The third-order valence-electron chi connectivity index (χ3n) is 2.94. The van der Waals surface area contributed by atoms with Gasteiger partial charge in [0, 0.05) is 0 Å². The zero-order valence-corrected chi connectivity index (χ0v) is 13.0. The number of hydrogen-bond acceptors (Lipinski definition) is 6. The monoisotopic (exact) mass is 329 g/mol. The zero-order valence-electron chi connectivity index (χ0n) is 11.4. The van der Waals surface area contributed by atoms with Gasteiger partial charge in [0.1, 0.15) is 12.3 Å². The van der Waals surface area contributed by atoms with Crippen molar-refractivity contribution in [1.82, 2.24) is 10.3 Å². The average Bonchev–Trinajstić information content (AvgIpc) is 3.24. The van der Waals surface area contributed by atoms with Crippen LogP contribution in [0.2, 0.25) is 0 Å². The molecule has 3 heterocycles. The van der Waals surface area contributed by atoms with Gasteiger partial charge in [0.2, 0.25) is 11.8 Å². The molecule has 0 aliphatic heterocycles. The Bertz CT molecular complexity index is 785. The number of amides is 1. The summed E-state index contributed by atoms with van der Waals surface area (Å²) >= 11 is 3.01. The molecule has 7 heteroatoms. The van der Waals surface area contributed by atoms with Crippen molar-refractivity contribution in [2.75, 3.05) is 0 Å². The number of nitriles is 1. The van der Waals surface area contributed by atoms with Crippen LogP contribution in [0.4, 0.5) is 0 Å². The summed E-state index contributed by atoms with van der Waals surface area (Å²) in [6, 6.07) is 7.08. The molecule has 5 nitrogen and oxygen atoms in total. The quantitative estimate of drug-likeness (QED) is 0.778. The number of rotatable bonds is 5. The minimum Gasteiger partial charge on any atom is -0.444 e. The maximum absolute atomic E-state index is 12.0. The second-order valence-corrected chi connectivity index (χ2v) is 6.21. The lowest BCUT2D eigenvalue weighted by Gasteiger charge is -2.09. The van der Waals surface area contributed by atoms with E-state index in [4.69, 9.17) is 9.68 Å². The topological polar surface area (TPSA) is 78.9 Å². The number of carbonyl (C=O) groups excluding carboxylic acids is 1. The Morgan fingerprint density at radius 3 is 3.05 bits per heavy atom. The van der Waals surface area contributed by atoms with E-state index in [9.17, 15) is 4.79 Å². The number of thiophene rings is 2. The highest BCUT2D eigenvalue weighted by molar-refractivity contribution is 7.13. The number of nitrogens with zero attached hydrogens (tertiary/aromatic N) is 2. The maximum atomic E-state index is 12.0. The lowest BCUT2D eigenvalue weighted by atomic mass is 10.1. The van der Waals surface area contributed by atoms with E-state index in [0.717, 1.165) is 10.4 Å². The summed E-state index contributed by atoms with van der Waals surface area (Å²) in [7, 11) is 0. The molecule has 1 amide bonds. The van der Waals surface area contributed by atoms with Gasteiger partial charge in [-0.2, -0.15) is 16.6 Å². The molecule has 0 saturated heterocycles. The van der Waals surface area contributed by atoms with E-state index in [1.54, 1.807) is 0 Å². The second kappa shape index (κ2) is 6.56. The molecule has 110 valence electrons. The van der Waals surface area contributed by atoms with Gasteiger partial charge in [-0.05, 0) is 33.8 Å². The molecule has 0 fully saturated rings. The molecule has 0 aliphatic rings. The van der Waals surface area contributed by atoms with E-state index >= 15 is 0 Å². The van der Waals surface area contributed by atoms with Crippen LogP contribution in [0.15, 0.2) is 45.0 Å². The van der Waals surface area contributed by atoms with Gasteiger partial charge in [0.25, 0.3) is 0 Å². The molecule has 3 rings (SSSR count). The minimum atomic E-state index is -0.637. The third kappa shape index (κ3) is 3.24. The fourth-order valence-electron chi connectivity index (χ4n) is 1.91. The van der Waals surface area contributed by atoms with Crippen molar-refractivity contribution >= 4 is 28.6 Å². The Morgan fingerprint density at radius 2 is 2.36 bits per heavy atom. The van der Waals surface area contributed by atoms with E-state index in [-0.39, 0.29) is 12.3 Å². The number of carbonyl (C=O) groups is 1. The van der Waals surface area contributed by atoms with Gasteiger partial charge in [0.05, 0.1) is 23.1 Å². The van der Waals surface area contributed by atoms with Crippen molar-refractivity contribution < 1.29 is 9.21 Å². The predicted molar refractivity (Wildman–Crippen MR) is 84.3 cm³/mol. The van der Waals surface area contributed by atoms with Gasteiger partial charge in [-0.15, -0.1) is 11.3 Å². The van der Waals surface area contributed by atoms with Gasteiger partial charge >= 0.3 is 0 Å². The molecule has 22 heavy (non-hydrogen) atoms. The molecule has 0 aliphatic carbocycles. The Morgan fingerprint density at radius 1 is 1.45 bits per heavy atom. The van der Waals surface area contributed by atoms with Crippen molar-refractivity contribution in [3.63, 3.8) is 0 Å². The van der Waals surface area contributed by atoms with E-state index in [0.29, 0.717) is 11.6 Å². The summed E-state index contributed by atoms with van der Waals surface area (Å²) in [6.07, 6.45) is 1.55. The lowest BCUT2D eigenvalue weighted by Crippen LogP contribution is -2.28. The third-order valence-corrected chi connectivity index (χ3v) is 4.50. The van der Waals surface area contributed by atoms with E-state index < -0.39 is 6.04 Å². The van der Waals surface area contributed by atoms with Gasteiger partial charge in [-0.1, -0.05) is 6.07 Å². The highest BCUT2D eigenvalue weighted by Gasteiger charge is 2.16. The van der Waals surface area contributed by atoms with Crippen molar-refractivity contribution in [2.24, 2.45) is 0 Å².